The number of sulfone groups is 1. The van der Waals surface area contributed by atoms with E-state index in [9.17, 15) is 18.0 Å². The molecule has 1 atom stereocenters. The minimum Gasteiger partial charge on any atom is -0.481 e. The molecule has 0 aromatic carbocycles. The van der Waals surface area contributed by atoms with Gasteiger partial charge in [0.15, 0.2) is 9.84 Å². The van der Waals surface area contributed by atoms with Crippen molar-refractivity contribution < 1.29 is 27.9 Å². The molecule has 0 saturated carbocycles. The van der Waals surface area contributed by atoms with Gasteiger partial charge in [0, 0.05) is 0 Å². The molecule has 0 aliphatic rings. The van der Waals surface area contributed by atoms with Gasteiger partial charge in [-0.25, -0.2) is 8.42 Å². The van der Waals surface area contributed by atoms with E-state index in [0.717, 1.165) is 7.11 Å². The smallest absolute Gasteiger partial charge is 0.310 e. The van der Waals surface area contributed by atoms with Gasteiger partial charge in [-0.2, -0.15) is 0 Å². The lowest BCUT2D eigenvalue weighted by Gasteiger charge is -2.13. The van der Waals surface area contributed by atoms with Crippen molar-refractivity contribution in [1.29, 1.82) is 0 Å². The molecule has 0 aromatic rings. The molecule has 0 radical (unpaired) electrons. The second-order valence-corrected chi connectivity index (χ2v) is 6.84. The highest BCUT2D eigenvalue weighted by Crippen LogP contribution is 2.12. The summed E-state index contributed by atoms with van der Waals surface area (Å²) in [6, 6.07) is 0. The average Bonchev–Trinajstić information content (AvgIpc) is 2.23. The number of aliphatic carboxylic acids is 1. The first kappa shape index (κ1) is 16.9. The predicted octanol–water partition coefficient (Wildman–Crippen LogP) is 0.711. The molecule has 1 N–H and O–H groups in total. The van der Waals surface area contributed by atoms with E-state index in [2.05, 4.69) is 4.74 Å². The zero-order valence-electron chi connectivity index (χ0n) is 10.9. The van der Waals surface area contributed by atoms with Crippen LogP contribution in [0, 0.1) is 11.8 Å². The van der Waals surface area contributed by atoms with Crippen LogP contribution in [-0.2, 0) is 24.2 Å². The highest BCUT2D eigenvalue weighted by atomic mass is 32.2. The first-order chi connectivity index (χ1) is 8.18. The van der Waals surface area contributed by atoms with Gasteiger partial charge in [-0.05, 0) is 12.3 Å². The molecule has 0 rings (SSSR count). The summed E-state index contributed by atoms with van der Waals surface area (Å²) in [7, 11) is -2.33. The number of carboxylic acids is 1. The highest BCUT2D eigenvalue weighted by molar-refractivity contribution is 7.91. The summed E-state index contributed by atoms with van der Waals surface area (Å²) in [5.74, 6) is -3.44. The zero-order valence-corrected chi connectivity index (χ0v) is 11.7. The van der Waals surface area contributed by atoms with Gasteiger partial charge < -0.3 is 9.84 Å². The van der Waals surface area contributed by atoms with Crippen molar-refractivity contribution in [3.05, 3.63) is 0 Å². The number of carbonyl (C=O) groups excluding carboxylic acids is 1. The Balaban J connectivity index is 4.65. The average molecular weight is 280 g/mol. The normalized spacial score (nSPS) is 13.3. The van der Waals surface area contributed by atoms with Crippen LogP contribution in [0.1, 0.15) is 26.7 Å². The number of ether oxygens (including phenoxy) is 1. The van der Waals surface area contributed by atoms with Gasteiger partial charge in [0.05, 0.1) is 31.0 Å². The third-order valence-corrected chi connectivity index (χ3v) is 4.18. The summed E-state index contributed by atoms with van der Waals surface area (Å²) in [5, 5.41) is 8.64. The molecule has 0 heterocycles. The number of carboxylic acid groups (broad SMARTS) is 1. The van der Waals surface area contributed by atoms with Crippen LogP contribution in [-0.4, -0.2) is 44.1 Å². The number of hydrogen-bond donors (Lipinski definition) is 1. The second kappa shape index (κ2) is 7.35. The van der Waals surface area contributed by atoms with Gasteiger partial charge in [0.25, 0.3) is 0 Å². The topological polar surface area (TPSA) is 97.7 Å². The zero-order chi connectivity index (χ0) is 14.3. The molecule has 0 aromatic heterocycles. The van der Waals surface area contributed by atoms with E-state index >= 15 is 0 Å². The van der Waals surface area contributed by atoms with E-state index in [1.165, 1.54) is 0 Å². The van der Waals surface area contributed by atoms with Gasteiger partial charge in [0.1, 0.15) is 0 Å². The summed E-state index contributed by atoms with van der Waals surface area (Å²) >= 11 is 0. The van der Waals surface area contributed by atoms with Crippen molar-refractivity contribution in [2.45, 2.75) is 26.7 Å². The maximum atomic E-state index is 11.7. The van der Waals surface area contributed by atoms with Crippen molar-refractivity contribution in [3.63, 3.8) is 0 Å². The summed E-state index contributed by atoms with van der Waals surface area (Å²) < 4.78 is 27.9. The fourth-order valence-corrected chi connectivity index (χ4v) is 3.26. The number of esters is 1. The van der Waals surface area contributed by atoms with Crippen molar-refractivity contribution in [1.82, 2.24) is 0 Å². The third-order valence-electron chi connectivity index (χ3n) is 2.42. The van der Waals surface area contributed by atoms with Gasteiger partial charge in [-0.15, -0.1) is 0 Å². The highest BCUT2D eigenvalue weighted by Gasteiger charge is 2.28. The lowest BCUT2D eigenvalue weighted by atomic mass is 10.1. The lowest BCUT2D eigenvalue weighted by molar-refractivity contribution is -0.149. The largest absolute Gasteiger partial charge is 0.481 e. The standard InChI is InChI=1S/C11H20O6S/c1-8(2)4-5-18(15,16)7-9(6-10(12)13)11(14)17-3/h8-9H,4-7H2,1-3H3,(H,12,13). The summed E-state index contributed by atoms with van der Waals surface area (Å²) in [5.41, 5.74) is 0. The fourth-order valence-electron chi connectivity index (χ4n) is 1.39. The molecule has 0 amide bonds. The molecule has 0 spiro atoms. The minimum atomic E-state index is -3.44. The van der Waals surface area contributed by atoms with Crippen LogP contribution in [0.15, 0.2) is 0 Å². The Morgan fingerprint density at radius 3 is 2.22 bits per heavy atom. The quantitative estimate of drug-likeness (QED) is 0.658. The van der Waals surface area contributed by atoms with Crippen molar-refractivity contribution in [3.8, 4) is 0 Å². The van der Waals surface area contributed by atoms with Crippen LogP contribution >= 0.6 is 0 Å². The Hall–Kier alpha value is -1.11. The van der Waals surface area contributed by atoms with E-state index in [0.29, 0.717) is 6.42 Å². The van der Waals surface area contributed by atoms with Gasteiger partial charge >= 0.3 is 11.9 Å². The van der Waals surface area contributed by atoms with Crippen molar-refractivity contribution >= 4 is 21.8 Å². The van der Waals surface area contributed by atoms with Crippen LogP contribution in [0.3, 0.4) is 0 Å². The molecule has 18 heavy (non-hydrogen) atoms. The van der Waals surface area contributed by atoms with Crippen LogP contribution < -0.4 is 0 Å². The predicted molar refractivity (Wildman–Crippen MR) is 65.9 cm³/mol. The fraction of sp³-hybridized carbons (Fsp3) is 0.818. The number of carbonyl (C=O) groups is 2. The summed E-state index contributed by atoms with van der Waals surface area (Å²) in [4.78, 5) is 21.9. The Labute approximate surface area is 107 Å². The molecule has 0 aliphatic carbocycles. The lowest BCUT2D eigenvalue weighted by Crippen LogP contribution is -2.29. The van der Waals surface area contributed by atoms with Gasteiger partial charge in [0.2, 0.25) is 0 Å². The number of methoxy groups -OCH3 is 1. The number of rotatable bonds is 8. The van der Waals surface area contributed by atoms with Crippen LogP contribution in [0.25, 0.3) is 0 Å². The Morgan fingerprint density at radius 1 is 1.28 bits per heavy atom. The number of hydrogen-bond acceptors (Lipinski definition) is 5. The van der Waals surface area contributed by atoms with E-state index in [-0.39, 0.29) is 11.7 Å². The summed E-state index contributed by atoms with van der Waals surface area (Å²) in [6.07, 6.45) is -0.0448. The van der Waals surface area contributed by atoms with E-state index < -0.39 is 39.9 Å². The Kier molecular flexibility index (Phi) is 6.90. The van der Waals surface area contributed by atoms with E-state index in [1.54, 1.807) is 0 Å². The molecule has 0 bridgehead atoms. The Bertz CT molecular complexity index is 384. The molecular formula is C11H20O6S. The van der Waals surface area contributed by atoms with Gasteiger partial charge in [-0.3, -0.25) is 9.59 Å². The van der Waals surface area contributed by atoms with Crippen molar-refractivity contribution in [2.24, 2.45) is 11.8 Å². The third kappa shape index (κ3) is 7.26. The first-order valence-electron chi connectivity index (χ1n) is 5.68. The molecule has 0 fully saturated rings. The molecular weight excluding hydrogens is 260 g/mol. The molecule has 6 nitrogen and oxygen atoms in total. The maximum Gasteiger partial charge on any atom is 0.310 e. The summed E-state index contributed by atoms with van der Waals surface area (Å²) in [6.45, 7) is 3.79. The molecule has 1 unspecified atom stereocenters. The van der Waals surface area contributed by atoms with Gasteiger partial charge in [-0.1, -0.05) is 13.8 Å². The van der Waals surface area contributed by atoms with Crippen LogP contribution in [0.5, 0.6) is 0 Å². The first-order valence-corrected chi connectivity index (χ1v) is 7.50. The molecule has 106 valence electrons. The molecule has 0 aliphatic heterocycles. The monoisotopic (exact) mass is 280 g/mol. The van der Waals surface area contributed by atoms with Crippen molar-refractivity contribution in [2.75, 3.05) is 18.6 Å². The van der Waals surface area contributed by atoms with E-state index in [4.69, 9.17) is 5.11 Å². The molecule has 0 saturated heterocycles. The minimum absolute atomic E-state index is 0.0439. The second-order valence-electron chi connectivity index (χ2n) is 4.61. The van der Waals surface area contributed by atoms with Crippen LogP contribution in [0.4, 0.5) is 0 Å². The maximum absolute atomic E-state index is 11.7. The molecule has 7 heteroatoms. The van der Waals surface area contributed by atoms with E-state index in [1.807, 2.05) is 13.8 Å². The Morgan fingerprint density at radius 2 is 1.83 bits per heavy atom. The SMILES string of the molecule is COC(=O)C(CC(=O)O)CS(=O)(=O)CCC(C)C. The van der Waals surface area contributed by atoms with Crippen LogP contribution in [0.2, 0.25) is 0 Å².